The van der Waals surface area contributed by atoms with Crippen LogP contribution in [0.3, 0.4) is 0 Å². The molecule has 7 heteroatoms. The molecule has 2 aliphatic carbocycles. The van der Waals surface area contributed by atoms with Crippen LogP contribution in [0.15, 0.2) is 546 Å². The molecule has 0 radical (unpaired) electrons. The summed E-state index contributed by atoms with van der Waals surface area (Å²) in [6.45, 7) is 8.61. The van der Waals surface area contributed by atoms with Crippen molar-refractivity contribution in [3.8, 4) is 44.5 Å². The van der Waals surface area contributed by atoms with Gasteiger partial charge in [0.25, 0.3) is 0 Å². The van der Waals surface area contributed by atoms with E-state index in [2.05, 4.69) is 603 Å². The lowest BCUT2D eigenvalue weighted by Crippen LogP contribution is -2.26. The number of hydrogen-bond donors (Lipinski definition) is 0. The molecule has 24 rings (SSSR count). The second kappa shape index (κ2) is 41.9. The zero-order chi connectivity index (χ0) is 96.3. The highest BCUT2D eigenvalue weighted by molar-refractivity contribution is 6.92. The molecule has 0 amide bonds. The molecule has 0 aromatic heterocycles. The van der Waals surface area contributed by atoms with Crippen molar-refractivity contribution < 1.29 is 0 Å². The molecule has 22 aromatic carbocycles. The molecule has 2 aliphatic rings. The molecular weight excluding hydrogens is 1740 g/mol. The summed E-state index contributed by atoms with van der Waals surface area (Å²) in [5.41, 5.74) is 40.1. The average Bonchev–Trinajstić information content (AvgIpc) is 1.50. The minimum absolute atomic E-state index is 0. The first-order valence-electron chi connectivity index (χ1n) is 48.8. The molecule has 1 atom stereocenters. The molecule has 22 aromatic rings. The van der Waals surface area contributed by atoms with Crippen molar-refractivity contribution in [2.24, 2.45) is 0 Å². The van der Waals surface area contributed by atoms with Crippen molar-refractivity contribution >= 4 is 134 Å². The highest BCUT2D eigenvalue weighted by Gasteiger charge is 2.52. The number of hydrogen-bond acceptors (Lipinski definition) is 6. The van der Waals surface area contributed by atoms with Crippen molar-refractivity contribution in [1.82, 2.24) is 0 Å². The quantitative estimate of drug-likeness (QED) is 0.0704. The first kappa shape index (κ1) is 91.0. The van der Waals surface area contributed by atoms with Gasteiger partial charge in [-0.3, -0.25) is 0 Å². The summed E-state index contributed by atoms with van der Waals surface area (Å²) in [5, 5.41) is 4.94. The van der Waals surface area contributed by atoms with Crippen LogP contribution in [-0.4, -0.2) is 2.56 Å². The Hall–Kier alpha value is -17.4. The lowest BCUT2D eigenvalue weighted by Gasteiger charge is -2.33. The van der Waals surface area contributed by atoms with Gasteiger partial charge in [-0.1, -0.05) is 342 Å². The van der Waals surface area contributed by atoms with Gasteiger partial charge in [0.2, 0.25) is 0 Å². The van der Waals surface area contributed by atoms with Crippen molar-refractivity contribution in [1.29, 1.82) is 2.56 Å². The summed E-state index contributed by atoms with van der Waals surface area (Å²) in [7, 11) is -0.417. The molecule has 0 heterocycles. The molecule has 0 N–H and O–H groups in total. The number of anilines is 18. The number of fused-ring (bicyclic) bond motifs is 12. The third-order valence-corrected chi connectivity index (χ3v) is 26.9. The van der Waals surface area contributed by atoms with E-state index in [1.54, 1.807) is 0 Å². The third-order valence-electron chi connectivity index (χ3n) is 26.9. The molecule has 142 heavy (non-hydrogen) atoms. The molecule has 0 saturated carbocycles. The molecule has 6 nitrogen and oxygen atoms in total. The number of rotatable bonds is 20. The first-order valence-corrected chi connectivity index (χ1v) is 47.8. The van der Waals surface area contributed by atoms with Gasteiger partial charge in [0.05, 0.1) is 7.97 Å². The van der Waals surface area contributed by atoms with E-state index in [1.807, 2.05) is 0 Å². The molecule has 0 saturated heterocycles. The van der Waals surface area contributed by atoms with Crippen molar-refractivity contribution in [2.75, 3.05) is 29.4 Å². The van der Waals surface area contributed by atoms with Crippen LogP contribution in [0.25, 0.3) is 66.1 Å². The summed E-state index contributed by atoms with van der Waals surface area (Å²) in [6.07, 6.45) is 0. The van der Waals surface area contributed by atoms with E-state index in [4.69, 9.17) is 2.56 Å². The third kappa shape index (κ3) is 18.8. The van der Waals surface area contributed by atoms with E-state index in [-0.39, 0.29) is 14.9 Å². The summed E-state index contributed by atoms with van der Waals surface area (Å²) < 4.78 is 11.8. The lowest BCUT2D eigenvalue weighted by molar-refractivity contribution is 0.793. The van der Waals surface area contributed by atoms with Crippen LogP contribution in [0.2, 0.25) is 0 Å². The summed E-state index contributed by atoms with van der Waals surface area (Å²) in [6, 6.07) is 197. The second-order valence-corrected chi connectivity index (χ2v) is 35.9. The summed E-state index contributed by atoms with van der Waals surface area (Å²) in [4.78, 5) is 14.0. The first-order chi connectivity index (χ1) is 70.0. The molecule has 688 valence electrons. The average molecular weight is 1850 g/mol. The smallest absolute Gasteiger partial charge is 0.0727 e. The number of para-hydroxylation sites is 6. The van der Waals surface area contributed by atoms with E-state index in [0.717, 1.165) is 102 Å². The zero-order valence-corrected chi connectivity index (χ0v) is 79.6. The van der Waals surface area contributed by atoms with Gasteiger partial charge in [-0.05, 0) is 357 Å². The van der Waals surface area contributed by atoms with Gasteiger partial charge in [-0.15, -0.1) is 0 Å². The van der Waals surface area contributed by atoms with Gasteiger partial charge in [0.15, 0.2) is 0 Å². The predicted octanol–water partition coefficient (Wildman–Crippen LogP) is 38.4. The largest absolute Gasteiger partial charge is 0.310 e. The Morgan fingerprint density at radius 2 is 0.352 bits per heavy atom. The van der Waals surface area contributed by atoms with Crippen LogP contribution in [0.4, 0.5) is 102 Å². The Bertz CT molecular complexity index is 7660. The van der Waals surface area contributed by atoms with E-state index in [0.29, 0.717) is 0 Å². The number of benzene rings is 22. The van der Waals surface area contributed by atoms with Gasteiger partial charge >= 0.3 is 0 Å². The van der Waals surface area contributed by atoms with Crippen LogP contribution in [-0.2, 0) is 5.41 Å². The minimum Gasteiger partial charge on any atom is -0.310 e. The SMILES string of the molecule is C.C.Cc1cccc(N(c2ccccc2)c2ccc(-c3ccc(N(c4ccccc4)c4cccc(C)c4)cc3)cc2)c1.Cc1cccc(N(c2ccccc2)c2ccc3c(c2)C2(c4ccccc4-c4ccccc42)c2cc(N(c4ccccc4)c4cccc(C)c4)ccc2-3)c1.[2H]P[3H].c1ccc(N(c2ccc(-c3ccc(N(c4ccccc4)c4ccc5ccccc5c4)cc3)cc2)c2ccc3ccccc3c2)cc1. The lowest BCUT2D eigenvalue weighted by atomic mass is 9.70. The number of nitrogens with zero attached hydrogens (tertiary/aromatic N) is 6. The molecule has 0 bridgehead atoms. The standard InChI is InChI=1S/C51H38N2.C44H32N2.C38H32N2.2CH4.H3P/c1-35-15-13-21-39(31-35)52(37-17-5-3-6-18-37)41-27-29-45-46-30-28-42(53(38-19-7-4-8-20-38)40-22-14-16-36(2)32-40)34-50(46)51(49(45)33-41)47-25-11-9-23-43(47)44-24-10-12-26-48(44)51;1-3-15-39(16-4-1)45(43-29-23-33-11-7-9-13-37(33)31-43)41-25-19-35(20-26-41)36-21-27-42(28-22-36)46(40-17-5-2-6-18-40)44-30-24-34-12-8-10-14-38(34)32-44;1-29-11-9-17-37(27-29)39(33-13-5-3-6-14-33)35-23-19-31(20-24-35)32-21-25-36(26-22-32)40(34-15-7-4-8-16-34)38-18-10-12-30(2)28-38;;;/h3-34H,1-2H3;1-32H;3-28H,1-2H3;2*1H4;1H3/i;;;;;1TD. The van der Waals surface area contributed by atoms with Crippen LogP contribution >= 0.6 is 9.79 Å². The van der Waals surface area contributed by atoms with Gasteiger partial charge in [0, 0.05) is 102 Å². The number of aryl methyl sites for hydroxylation is 4. The monoisotopic (exact) mass is 1850 g/mol. The fraction of sp³-hybridized carbons (Fsp3) is 0.0519. The Labute approximate surface area is 842 Å². The van der Waals surface area contributed by atoms with E-state index in [1.165, 1.54) is 111 Å². The molecule has 1 unspecified atom stereocenters. The maximum Gasteiger partial charge on any atom is 0.0727 e. The van der Waals surface area contributed by atoms with Gasteiger partial charge < -0.3 is 29.4 Å². The maximum atomic E-state index is 5.90. The maximum absolute atomic E-state index is 5.90. The second-order valence-electron chi connectivity index (χ2n) is 35.9. The van der Waals surface area contributed by atoms with E-state index >= 15 is 0 Å². The van der Waals surface area contributed by atoms with Gasteiger partial charge in [-0.25, -0.2) is 0 Å². The Balaban J connectivity index is 0.000000135. The zero-order valence-electron chi connectivity index (χ0n) is 80.6. The summed E-state index contributed by atoms with van der Waals surface area (Å²) in [5.74, 6) is 0. The van der Waals surface area contributed by atoms with Crippen LogP contribution in [0.1, 0.15) is 59.4 Å². The van der Waals surface area contributed by atoms with Crippen molar-refractivity contribution in [3.63, 3.8) is 0 Å². The van der Waals surface area contributed by atoms with E-state index < -0.39 is 15.2 Å². The van der Waals surface area contributed by atoms with Gasteiger partial charge in [-0.2, -0.15) is 9.79 Å². The summed E-state index contributed by atoms with van der Waals surface area (Å²) >= 11 is 0. The van der Waals surface area contributed by atoms with Crippen LogP contribution in [0.5, 0.6) is 0 Å². The Morgan fingerprint density at radius 3 is 0.613 bits per heavy atom. The predicted molar refractivity (Wildman–Crippen MR) is 613 cm³/mol. The molecule has 0 fully saturated rings. The molecule has 0 aliphatic heterocycles. The molecular formula is C135H113N6P. The highest BCUT2D eigenvalue weighted by atomic mass is 31.0. The highest BCUT2D eigenvalue weighted by Crippen LogP contribution is 2.64. The van der Waals surface area contributed by atoms with Crippen molar-refractivity contribution in [3.05, 3.63) is 590 Å². The normalized spacial score (nSPS) is 11.6. The molecule has 1 spiro atoms. The fourth-order valence-electron chi connectivity index (χ4n) is 20.5. The van der Waals surface area contributed by atoms with Crippen molar-refractivity contribution in [2.45, 2.75) is 48.0 Å². The topological polar surface area (TPSA) is 19.4 Å². The van der Waals surface area contributed by atoms with Crippen LogP contribution < -0.4 is 29.4 Å². The minimum atomic E-state index is -0.506. The van der Waals surface area contributed by atoms with E-state index in [9.17, 15) is 0 Å². The Kier molecular flexibility index (Phi) is 26.8. The fourth-order valence-corrected chi connectivity index (χ4v) is 20.5. The van der Waals surface area contributed by atoms with Gasteiger partial charge in [0.1, 0.15) is 0 Å². The Morgan fingerprint density at radius 1 is 0.169 bits per heavy atom. The van der Waals surface area contributed by atoms with Crippen LogP contribution in [0, 0.1) is 27.7 Å².